The minimum absolute atomic E-state index is 0.243. The summed E-state index contributed by atoms with van der Waals surface area (Å²) in [5, 5.41) is 0. The summed E-state index contributed by atoms with van der Waals surface area (Å²) < 4.78 is 68.8. The third-order valence-corrected chi connectivity index (χ3v) is 9.73. The van der Waals surface area contributed by atoms with E-state index in [4.69, 9.17) is 4.18 Å². The van der Waals surface area contributed by atoms with Crippen LogP contribution in [-0.2, 0) is 35.8 Å². The molecular weight excluding hydrogens is 606 g/mol. The molecule has 0 aliphatic heterocycles. The second-order valence-electron chi connectivity index (χ2n) is 13.8. The van der Waals surface area contributed by atoms with E-state index in [1.54, 1.807) is 6.07 Å². The van der Waals surface area contributed by atoms with E-state index in [0.717, 1.165) is 22.3 Å². The van der Waals surface area contributed by atoms with Crippen molar-refractivity contribution in [3.05, 3.63) is 63.2 Å². The van der Waals surface area contributed by atoms with Gasteiger partial charge in [-0.3, -0.25) is 0 Å². The molecule has 3 nitrogen and oxygen atoms in total. The third kappa shape index (κ3) is 9.67. The lowest BCUT2D eigenvalue weighted by molar-refractivity contribution is -0.0500. The highest BCUT2D eigenvalue weighted by molar-refractivity contribution is 7.88. The molecule has 0 atom stereocenters. The third-order valence-electron chi connectivity index (χ3n) is 6.14. The first-order valence-corrected chi connectivity index (χ1v) is 25.9. The summed E-state index contributed by atoms with van der Waals surface area (Å²) in [5.41, 5.74) is 10.1. The second kappa shape index (κ2) is 12.1. The van der Waals surface area contributed by atoms with Crippen LogP contribution in [0.15, 0.2) is 24.3 Å². The quantitative estimate of drug-likeness (QED) is 0.147. The van der Waals surface area contributed by atoms with Crippen molar-refractivity contribution >= 4 is 34.3 Å². The highest BCUT2D eigenvalue weighted by atomic mass is 32.2. The first-order chi connectivity index (χ1) is 19.0. The van der Waals surface area contributed by atoms with Crippen LogP contribution < -0.4 is 4.18 Å². The molecule has 0 heterocycles. The number of halogens is 3. The smallest absolute Gasteiger partial charge is 0.376 e. The number of aryl methyl sites for hydroxylation is 4. The highest BCUT2D eigenvalue weighted by Gasteiger charge is 2.48. The van der Waals surface area contributed by atoms with Gasteiger partial charge in [-0.15, -0.1) is 16.6 Å². The Kier molecular flexibility index (Phi) is 9.76. The maximum absolute atomic E-state index is 13.3. The normalized spacial score (nSPS) is 13.9. The number of benzene rings is 2. The Morgan fingerprint density at radius 3 is 1.24 bits per heavy atom. The van der Waals surface area contributed by atoms with Crippen molar-refractivity contribution in [2.24, 2.45) is 0 Å². The molecule has 4 aliphatic rings. The van der Waals surface area contributed by atoms with Gasteiger partial charge in [-0.2, -0.15) is 21.6 Å². The zero-order chi connectivity index (χ0) is 31.7. The Hall–Kier alpha value is -2.69. The van der Waals surface area contributed by atoms with Crippen LogP contribution in [0.1, 0.15) is 38.9 Å². The molecule has 0 N–H and O–H groups in total. The van der Waals surface area contributed by atoms with E-state index in [1.807, 2.05) is 0 Å². The van der Waals surface area contributed by atoms with E-state index >= 15 is 0 Å². The van der Waals surface area contributed by atoms with Gasteiger partial charge in [0.1, 0.15) is 30.0 Å². The Bertz CT molecular complexity index is 1670. The SMILES string of the molecule is C[Si](C)(C)C#Cc1cc2c(C#C[Si](C)(C)C)cc1CCc1cc(OS(=O)(=O)C(F)(F)F)c(cc1C#C[Si](C)(C)C)CC2. The lowest BCUT2D eigenvalue weighted by Crippen LogP contribution is -2.28. The van der Waals surface area contributed by atoms with Crippen LogP contribution >= 0.6 is 0 Å². The monoisotopic (exact) mass is 644 g/mol. The van der Waals surface area contributed by atoms with E-state index in [2.05, 4.69) is 105 Å². The zero-order valence-electron chi connectivity index (χ0n) is 25.9. The van der Waals surface area contributed by atoms with Crippen LogP contribution in [-0.4, -0.2) is 38.1 Å². The van der Waals surface area contributed by atoms with Crippen molar-refractivity contribution < 1.29 is 25.8 Å². The van der Waals surface area contributed by atoms with E-state index < -0.39 is 39.8 Å². The minimum Gasteiger partial charge on any atom is -0.376 e. The molecule has 0 saturated heterocycles. The molecule has 4 bridgehead atoms. The van der Waals surface area contributed by atoms with Gasteiger partial charge in [-0.1, -0.05) is 76.7 Å². The minimum atomic E-state index is -5.84. The molecule has 224 valence electrons. The fraction of sp³-hybridized carbons (Fsp3) is 0.438. The molecule has 10 heteroatoms. The van der Waals surface area contributed by atoms with Crippen LogP contribution in [0.5, 0.6) is 5.75 Å². The average Bonchev–Trinajstić information content (AvgIpc) is 2.80. The average molecular weight is 645 g/mol. The van der Waals surface area contributed by atoms with E-state index in [0.29, 0.717) is 36.0 Å². The molecule has 0 amide bonds. The predicted octanol–water partition coefficient (Wildman–Crippen LogP) is 7.49. The second-order valence-corrected chi connectivity index (χ2v) is 29.6. The molecule has 2 aromatic carbocycles. The summed E-state index contributed by atoms with van der Waals surface area (Å²) in [5.74, 6) is 9.78. The summed E-state index contributed by atoms with van der Waals surface area (Å²) in [7, 11) is -11.0. The van der Waals surface area contributed by atoms with Crippen LogP contribution in [0, 0.1) is 34.4 Å². The van der Waals surface area contributed by atoms with Gasteiger partial charge in [0.15, 0.2) is 0 Å². The summed E-state index contributed by atoms with van der Waals surface area (Å²) in [4.78, 5) is 0. The number of hydrogen-bond donors (Lipinski definition) is 0. The number of rotatable bonds is 2. The van der Waals surface area contributed by atoms with E-state index in [9.17, 15) is 21.6 Å². The first kappa shape index (κ1) is 33.8. The van der Waals surface area contributed by atoms with Gasteiger partial charge in [0.25, 0.3) is 0 Å². The molecule has 0 radical (unpaired) electrons. The van der Waals surface area contributed by atoms with Crippen molar-refractivity contribution in [2.45, 2.75) is 90.1 Å². The van der Waals surface area contributed by atoms with Crippen molar-refractivity contribution in [2.75, 3.05) is 0 Å². The largest absolute Gasteiger partial charge is 0.534 e. The Morgan fingerprint density at radius 2 is 0.905 bits per heavy atom. The van der Waals surface area contributed by atoms with Gasteiger partial charge in [-0.25, -0.2) is 0 Å². The fourth-order valence-corrected chi connectivity index (χ4v) is 6.08. The Morgan fingerprint density at radius 1 is 0.595 bits per heavy atom. The van der Waals surface area contributed by atoms with E-state index in [-0.39, 0.29) is 12.2 Å². The van der Waals surface area contributed by atoms with Crippen molar-refractivity contribution in [1.29, 1.82) is 0 Å². The van der Waals surface area contributed by atoms with E-state index in [1.165, 1.54) is 6.07 Å². The maximum Gasteiger partial charge on any atom is 0.534 e. The molecule has 4 aliphatic carbocycles. The van der Waals surface area contributed by atoms with Gasteiger partial charge < -0.3 is 4.18 Å². The molecular formula is C32H39F3O3SSi3. The first-order valence-electron chi connectivity index (χ1n) is 13.9. The lowest BCUT2D eigenvalue weighted by atomic mass is 9.88. The van der Waals surface area contributed by atoms with Crippen molar-refractivity contribution in [3.63, 3.8) is 0 Å². The standard InChI is InChI=1S/C32H39F3O3SSi3/c1-40(2,3)17-14-27-21-25-12-13-30-22-29(16-19-42(7,8)9)26(23-31(30)38-39(36,37)32(33,34)35)11-10-24(27)20-28(25)15-18-41(4,5)6/h20-23H,10-13H2,1-9H3. The predicted molar refractivity (Wildman–Crippen MR) is 174 cm³/mol. The fourth-order valence-electron chi connectivity index (χ4n) is 4.07. The highest BCUT2D eigenvalue weighted by Crippen LogP contribution is 2.33. The maximum atomic E-state index is 13.3. The molecule has 0 spiro atoms. The van der Waals surface area contributed by atoms with Crippen molar-refractivity contribution in [3.8, 4) is 40.1 Å². The summed E-state index contributed by atoms with van der Waals surface area (Å²) in [6, 6.07) is 7.31. The summed E-state index contributed by atoms with van der Waals surface area (Å²) in [6.07, 6.45) is 1.61. The van der Waals surface area contributed by atoms with Crippen molar-refractivity contribution in [1.82, 2.24) is 0 Å². The van der Waals surface area contributed by atoms with Gasteiger partial charge in [0.2, 0.25) is 0 Å². The lowest BCUT2D eigenvalue weighted by Gasteiger charge is -2.19. The number of alkyl halides is 3. The molecule has 0 aromatic heterocycles. The van der Waals surface area contributed by atoms with Crippen LogP contribution in [0.2, 0.25) is 58.9 Å². The molecule has 0 fully saturated rings. The van der Waals surface area contributed by atoms with Crippen LogP contribution in [0.4, 0.5) is 13.2 Å². The molecule has 0 unspecified atom stereocenters. The van der Waals surface area contributed by atoms with Gasteiger partial charge >= 0.3 is 15.6 Å². The van der Waals surface area contributed by atoms with Crippen LogP contribution in [0.3, 0.4) is 0 Å². The summed E-state index contributed by atoms with van der Waals surface area (Å²) >= 11 is 0. The Labute approximate surface area is 252 Å². The molecule has 2 aromatic rings. The number of hydrogen-bond acceptors (Lipinski definition) is 3. The van der Waals surface area contributed by atoms with Crippen LogP contribution in [0.25, 0.3) is 0 Å². The molecule has 42 heavy (non-hydrogen) atoms. The molecule has 0 saturated carbocycles. The zero-order valence-corrected chi connectivity index (χ0v) is 29.7. The van der Waals surface area contributed by atoms with Gasteiger partial charge in [0.05, 0.1) is 0 Å². The topological polar surface area (TPSA) is 43.4 Å². The van der Waals surface area contributed by atoms with Gasteiger partial charge in [-0.05, 0) is 72.2 Å². The van der Waals surface area contributed by atoms with Gasteiger partial charge in [0, 0.05) is 16.7 Å². The molecule has 6 rings (SSSR count). The Balaban J connectivity index is 2.29. The summed E-state index contributed by atoms with van der Waals surface area (Å²) in [6.45, 7) is 19.4.